The van der Waals surface area contributed by atoms with Gasteiger partial charge in [-0.3, -0.25) is 4.79 Å². The van der Waals surface area contributed by atoms with Crippen molar-refractivity contribution in [3.05, 3.63) is 0 Å². The van der Waals surface area contributed by atoms with E-state index in [-0.39, 0.29) is 5.97 Å². The second-order valence-electron chi connectivity index (χ2n) is 3.95. The maximum Gasteiger partial charge on any atom is 0.322 e. The third-order valence-corrected chi connectivity index (χ3v) is 2.48. The first kappa shape index (κ1) is 14.4. The molecule has 90 valence electrons. The van der Waals surface area contributed by atoms with E-state index >= 15 is 0 Å². The van der Waals surface area contributed by atoms with Crippen molar-refractivity contribution >= 4 is 5.97 Å². The maximum absolute atomic E-state index is 11.2. The van der Waals surface area contributed by atoms with Gasteiger partial charge in [0.05, 0.1) is 6.61 Å². The summed E-state index contributed by atoms with van der Waals surface area (Å²) in [6.07, 6.45) is 7.86. The Morgan fingerprint density at radius 2 is 1.73 bits per heavy atom. The lowest BCUT2D eigenvalue weighted by Crippen LogP contribution is -2.31. The van der Waals surface area contributed by atoms with E-state index in [1.54, 1.807) is 0 Å². The molecule has 0 aliphatic heterocycles. The van der Waals surface area contributed by atoms with Gasteiger partial charge in [-0.2, -0.15) is 0 Å². The summed E-state index contributed by atoms with van der Waals surface area (Å²) < 4.78 is 5.04. The van der Waals surface area contributed by atoms with E-state index in [9.17, 15) is 4.79 Å². The zero-order valence-electron chi connectivity index (χ0n) is 10.1. The number of nitrogens with two attached hydrogens (primary N) is 1. The van der Waals surface area contributed by atoms with Crippen LogP contribution in [0, 0.1) is 0 Å². The molecule has 0 aromatic carbocycles. The molecule has 0 aliphatic rings. The second-order valence-corrected chi connectivity index (χ2v) is 3.95. The van der Waals surface area contributed by atoms with Gasteiger partial charge in [0.2, 0.25) is 0 Å². The predicted octanol–water partition coefficient (Wildman–Crippen LogP) is 2.63. The van der Waals surface area contributed by atoms with Crippen molar-refractivity contribution in [1.82, 2.24) is 0 Å². The molecule has 0 saturated heterocycles. The molecule has 0 rings (SSSR count). The fourth-order valence-corrected chi connectivity index (χ4v) is 1.33. The van der Waals surface area contributed by atoms with Crippen LogP contribution >= 0.6 is 0 Å². The molecular formula is C12H25NO2. The van der Waals surface area contributed by atoms with Gasteiger partial charge in [-0.1, -0.05) is 46.0 Å². The van der Waals surface area contributed by atoms with Crippen molar-refractivity contribution < 1.29 is 9.53 Å². The van der Waals surface area contributed by atoms with Crippen LogP contribution in [-0.2, 0) is 9.53 Å². The van der Waals surface area contributed by atoms with Crippen LogP contribution in [0.3, 0.4) is 0 Å². The van der Waals surface area contributed by atoms with E-state index in [1.165, 1.54) is 25.7 Å². The maximum atomic E-state index is 11.2. The number of ether oxygens (including phenoxy) is 1. The first-order valence-corrected chi connectivity index (χ1v) is 6.14. The quantitative estimate of drug-likeness (QED) is 0.475. The Labute approximate surface area is 93.4 Å². The average molecular weight is 215 g/mol. The summed E-state index contributed by atoms with van der Waals surface area (Å²) in [5.74, 6) is -0.258. The third kappa shape index (κ3) is 8.43. The van der Waals surface area contributed by atoms with Gasteiger partial charge >= 0.3 is 5.97 Å². The lowest BCUT2D eigenvalue weighted by Gasteiger charge is -2.08. The summed E-state index contributed by atoms with van der Waals surface area (Å²) in [7, 11) is 0. The van der Waals surface area contributed by atoms with Crippen LogP contribution in [0.15, 0.2) is 0 Å². The molecule has 3 heteroatoms. The molecule has 0 aromatic rings. The fraction of sp³-hybridized carbons (Fsp3) is 0.917. The highest BCUT2D eigenvalue weighted by atomic mass is 16.5. The molecule has 0 bridgehead atoms. The number of unbranched alkanes of at least 4 members (excludes halogenated alkanes) is 5. The Morgan fingerprint density at radius 1 is 1.13 bits per heavy atom. The van der Waals surface area contributed by atoms with Gasteiger partial charge in [0.25, 0.3) is 0 Å². The summed E-state index contributed by atoms with van der Waals surface area (Å²) in [5, 5.41) is 0. The molecule has 0 aliphatic carbocycles. The second kappa shape index (κ2) is 9.97. The molecule has 0 spiro atoms. The molecule has 0 amide bonds. The van der Waals surface area contributed by atoms with E-state index in [2.05, 4.69) is 6.92 Å². The molecular weight excluding hydrogens is 190 g/mol. The topological polar surface area (TPSA) is 52.3 Å². The van der Waals surface area contributed by atoms with Crippen LogP contribution in [0.2, 0.25) is 0 Å². The van der Waals surface area contributed by atoms with Crippen molar-refractivity contribution in [2.24, 2.45) is 5.73 Å². The van der Waals surface area contributed by atoms with E-state index < -0.39 is 6.04 Å². The monoisotopic (exact) mass is 215 g/mol. The Morgan fingerprint density at radius 3 is 2.33 bits per heavy atom. The number of hydrogen-bond donors (Lipinski definition) is 1. The molecule has 0 radical (unpaired) electrons. The fourth-order valence-electron chi connectivity index (χ4n) is 1.33. The van der Waals surface area contributed by atoms with Crippen LogP contribution in [0.5, 0.6) is 0 Å². The molecule has 0 fully saturated rings. The molecule has 3 nitrogen and oxygen atoms in total. The summed E-state index contributed by atoms with van der Waals surface area (Å²) in [6.45, 7) is 4.61. The smallest absolute Gasteiger partial charge is 0.322 e. The number of carbonyl (C=O) groups excluding carboxylic acids is 1. The largest absolute Gasteiger partial charge is 0.465 e. The molecule has 2 N–H and O–H groups in total. The number of hydrogen-bond acceptors (Lipinski definition) is 3. The van der Waals surface area contributed by atoms with E-state index in [1.807, 2.05) is 6.92 Å². The Bertz CT molecular complexity index is 160. The Balaban J connectivity index is 3.20. The van der Waals surface area contributed by atoms with Crippen LogP contribution in [0.4, 0.5) is 0 Å². The predicted molar refractivity (Wildman–Crippen MR) is 62.6 cm³/mol. The van der Waals surface area contributed by atoms with Gasteiger partial charge in [-0.05, 0) is 12.8 Å². The summed E-state index contributed by atoms with van der Waals surface area (Å²) in [4.78, 5) is 11.2. The van der Waals surface area contributed by atoms with E-state index in [0.29, 0.717) is 13.0 Å². The molecule has 0 saturated carbocycles. The highest BCUT2D eigenvalue weighted by Crippen LogP contribution is 2.05. The van der Waals surface area contributed by atoms with Crippen molar-refractivity contribution in [1.29, 1.82) is 0 Å². The first-order chi connectivity index (χ1) is 7.22. The van der Waals surface area contributed by atoms with Crippen LogP contribution in [0.1, 0.15) is 58.8 Å². The van der Waals surface area contributed by atoms with Crippen molar-refractivity contribution in [2.75, 3.05) is 6.61 Å². The van der Waals surface area contributed by atoms with Gasteiger partial charge in [0.15, 0.2) is 0 Å². The standard InChI is InChI=1S/C12H25NO2/c1-3-5-6-7-8-9-10-15-12(14)11(13)4-2/h11H,3-10,13H2,1-2H3. The summed E-state index contributed by atoms with van der Waals surface area (Å²) >= 11 is 0. The number of carbonyl (C=O) groups is 1. The first-order valence-electron chi connectivity index (χ1n) is 6.14. The highest BCUT2D eigenvalue weighted by Gasteiger charge is 2.11. The lowest BCUT2D eigenvalue weighted by atomic mass is 10.1. The SMILES string of the molecule is CCCCCCCCOC(=O)C(N)CC. The van der Waals surface area contributed by atoms with Gasteiger partial charge < -0.3 is 10.5 Å². The zero-order valence-corrected chi connectivity index (χ0v) is 10.1. The Hall–Kier alpha value is -0.570. The minimum atomic E-state index is -0.440. The normalized spacial score (nSPS) is 12.5. The molecule has 1 unspecified atom stereocenters. The number of esters is 1. The van der Waals surface area contributed by atoms with Crippen molar-refractivity contribution in [3.8, 4) is 0 Å². The van der Waals surface area contributed by atoms with E-state index in [4.69, 9.17) is 10.5 Å². The minimum Gasteiger partial charge on any atom is -0.465 e. The van der Waals surface area contributed by atoms with Crippen molar-refractivity contribution in [2.45, 2.75) is 64.8 Å². The van der Waals surface area contributed by atoms with Gasteiger partial charge in [-0.25, -0.2) is 0 Å². The summed E-state index contributed by atoms with van der Waals surface area (Å²) in [5.41, 5.74) is 5.52. The lowest BCUT2D eigenvalue weighted by molar-refractivity contribution is -0.145. The van der Waals surface area contributed by atoms with Crippen molar-refractivity contribution in [3.63, 3.8) is 0 Å². The Kier molecular flexibility index (Phi) is 9.59. The van der Waals surface area contributed by atoms with Gasteiger partial charge in [0.1, 0.15) is 6.04 Å². The van der Waals surface area contributed by atoms with E-state index in [0.717, 1.165) is 12.8 Å². The summed E-state index contributed by atoms with van der Waals surface area (Å²) in [6, 6.07) is -0.440. The van der Waals surface area contributed by atoms with Gasteiger partial charge in [0, 0.05) is 0 Å². The average Bonchev–Trinajstić information content (AvgIpc) is 2.26. The van der Waals surface area contributed by atoms with Crippen LogP contribution < -0.4 is 5.73 Å². The molecule has 0 aromatic heterocycles. The zero-order chi connectivity index (χ0) is 11.5. The van der Waals surface area contributed by atoms with Crippen LogP contribution in [0.25, 0.3) is 0 Å². The van der Waals surface area contributed by atoms with Gasteiger partial charge in [-0.15, -0.1) is 0 Å². The highest BCUT2D eigenvalue weighted by molar-refractivity contribution is 5.75. The van der Waals surface area contributed by atoms with Crippen LogP contribution in [-0.4, -0.2) is 18.6 Å². The molecule has 0 heterocycles. The number of rotatable bonds is 9. The third-order valence-electron chi connectivity index (χ3n) is 2.48. The molecule has 1 atom stereocenters. The molecule has 15 heavy (non-hydrogen) atoms. The minimum absolute atomic E-state index is 0.258.